The Kier molecular flexibility index (Phi) is 3.71. The summed E-state index contributed by atoms with van der Waals surface area (Å²) >= 11 is 0. The van der Waals surface area contributed by atoms with Gasteiger partial charge in [0.25, 0.3) is 0 Å². The summed E-state index contributed by atoms with van der Waals surface area (Å²) in [5, 5.41) is 3.92. The summed E-state index contributed by atoms with van der Waals surface area (Å²) in [4.78, 5) is 11.9. The Morgan fingerprint density at radius 3 is 2.53 bits per heavy atom. The number of aromatic nitrogens is 2. The van der Waals surface area contributed by atoms with Crippen LogP contribution in [0, 0.1) is 11.6 Å². The van der Waals surface area contributed by atoms with Crippen LogP contribution in [0.25, 0.3) is 0 Å². The van der Waals surface area contributed by atoms with E-state index in [4.69, 9.17) is 5.73 Å². The smallest absolute Gasteiger partial charge is 0.158 e. The number of hydrogen-bond acceptors (Lipinski definition) is 3. The Balaban J connectivity index is 2.12. The highest BCUT2D eigenvalue weighted by molar-refractivity contribution is 5.86. The lowest BCUT2D eigenvalue weighted by molar-refractivity contribution is -0.119. The maximum Gasteiger partial charge on any atom is 0.158 e. The maximum absolute atomic E-state index is 13.0. The molecule has 0 saturated heterocycles. The van der Waals surface area contributed by atoms with Gasteiger partial charge in [-0.15, -0.1) is 0 Å². The fraction of sp³-hybridized carbons (Fsp3) is 0.231. The topological polar surface area (TPSA) is 60.9 Å². The van der Waals surface area contributed by atoms with Crippen LogP contribution in [0.2, 0.25) is 0 Å². The lowest BCUT2D eigenvalue weighted by Crippen LogP contribution is -2.22. The van der Waals surface area contributed by atoms with Gasteiger partial charge in [0.15, 0.2) is 5.78 Å². The summed E-state index contributed by atoms with van der Waals surface area (Å²) in [5.74, 6) is -1.74. The van der Waals surface area contributed by atoms with Gasteiger partial charge in [0.1, 0.15) is 11.6 Å². The van der Waals surface area contributed by atoms with Gasteiger partial charge in [-0.05, 0) is 17.7 Å². The number of carbonyl (C=O) groups excluding carboxylic acids is 1. The zero-order chi connectivity index (χ0) is 14.0. The molecule has 19 heavy (non-hydrogen) atoms. The fourth-order valence-electron chi connectivity index (χ4n) is 1.81. The van der Waals surface area contributed by atoms with E-state index in [1.807, 2.05) is 0 Å². The van der Waals surface area contributed by atoms with E-state index < -0.39 is 17.7 Å². The zero-order valence-corrected chi connectivity index (χ0v) is 10.3. The lowest BCUT2D eigenvalue weighted by Gasteiger charge is -2.08. The molecule has 2 N–H and O–H groups in total. The van der Waals surface area contributed by atoms with Gasteiger partial charge in [0, 0.05) is 31.3 Å². The lowest BCUT2D eigenvalue weighted by atomic mass is 10.0. The monoisotopic (exact) mass is 265 g/mol. The minimum absolute atomic E-state index is 0.120. The first-order chi connectivity index (χ1) is 8.95. The third-order valence-corrected chi connectivity index (χ3v) is 2.73. The van der Waals surface area contributed by atoms with Crippen molar-refractivity contribution < 1.29 is 13.6 Å². The second-order valence-corrected chi connectivity index (χ2v) is 4.35. The molecule has 0 aliphatic heterocycles. The van der Waals surface area contributed by atoms with Crippen molar-refractivity contribution in [3.63, 3.8) is 0 Å². The van der Waals surface area contributed by atoms with E-state index in [2.05, 4.69) is 5.10 Å². The number of nitrogens with two attached hydrogens (primary N) is 1. The van der Waals surface area contributed by atoms with Crippen molar-refractivity contribution in [1.29, 1.82) is 0 Å². The highest BCUT2D eigenvalue weighted by Crippen LogP contribution is 2.15. The van der Waals surface area contributed by atoms with Gasteiger partial charge < -0.3 is 5.73 Å². The number of nitrogens with zero attached hydrogens (tertiary/aromatic N) is 2. The van der Waals surface area contributed by atoms with Gasteiger partial charge in [-0.25, -0.2) is 8.78 Å². The maximum atomic E-state index is 13.0. The number of halogens is 2. The number of rotatable bonds is 4. The Labute approximate surface area is 108 Å². The van der Waals surface area contributed by atoms with Gasteiger partial charge in [0.2, 0.25) is 0 Å². The first kappa shape index (κ1) is 13.4. The molecule has 2 aromatic rings. The molecular weight excluding hydrogens is 252 g/mol. The van der Waals surface area contributed by atoms with Crippen LogP contribution in [-0.4, -0.2) is 15.6 Å². The van der Waals surface area contributed by atoms with Crippen molar-refractivity contribution in [2.75, 3.05) is 0 Å². The summed E-state index contributed by atoms with van der Waals surface area (Å²) in [6.45, 7) is 0. The van der Waals surface area contributed by atoms with Crippen molar-refractivity contribution in [3.8, 4) is 0 Å². The number of carbonyl (C=O) groups is 1. The molecule has 1 unspecified atom stereocenters. The summed E-state index contributed by atoms with van der Waals surface area (Å²) in [6.07, 6.45) is 3.01. The second-order valence-electron chi connectivity index (χ2n) is 4.35. The van der Waals surface area contributed by atoms with Crippen molar-refractivity contribution in [2.45, 2.75) is 12.5 Å². The third-order valence-electron chi connectivity index (χ3n) is 2.73. The summed E-state index contributed by atoms with van der Waals surface area (Å²) in [7, 11) is 1.71. The Bertz CT molecular complexity index is 589. The van der Waals surface area contributed by atoms with Crippen LogP contribution in [0.1, 0.15) is 17.2 Å². The number of benzene rings is 1. The predicted octanol–water partition coefficient (Wildman–Crippen LogP) is 1.51. The van der Waals surface area contributed by atoms with Gasteiger partial charge >= 0.3 is 0 Å². The van der Waals surface area contributed by atoms with Gasteiger partial charge in [0.05, 0.1) is 12.2 Å². The Morgan fingerprint density at radius 1 is 1.37 bits per heavy atom. The van der Waals surface area contributed by atoms with Crippen molar-refractivity contribution in [2.24, 2.45) is 12.8 Å². The van der Waals surface area contributed by atoms with Crippen molar-refractivity contribution >= 4 is 5.78 Å². The first-order valence-electron chi connectivity index (χ1n) is 5.67. The SMILES string of the molecule is Cn1cc(C(N)C(=O)Cc2cc(F)cc(F)c2)cn1. The van der Waals surface area contributed by atoms with Crippen LogP contribution in [0.4, 0.5) is 8.78 Å². The molecule has 1 aromatic heterocycles. The number of ketones is 1. The number of Topliss-reactive ketones (excluding diaryl/α,β-unsaturated/α-hetero) is 1. The molecule has 0 aliphatic rings. The highest BCUT2D eigenvalue weighted by atomic mass is 19.1. The Hall–Kier alpha value is -2.08. The van der Waals surface area contributed by atoms with Crippen LogP contribution in [-0.2, 0) is 18.3 Å². The molecule has 1 heterocycles. The highest BCUT2D eigenvalue weighted by Gasteiger charge is 2.18. The molecule has 0 amide bonds. The van der Waals surface area contributed by atoms with E-state index in [0.717, 1.165) is 18.2 Å². The molecule has 0 radical (unpaired) electrons. The average Bonchev–Trinajstić information content (AvgIpc) is 2.73. The minimum Gasteiger partial charge on any atom is -0.318 e. The predicted molar refractivity (Wildman–Crippen MR) is 65.2 cm³/mol. The minimum atomic E-state index is -0.847. The molecule has 100 valence electrons. The van der Waals surface area contributed by atoms with Crippen LogP contribution < -0.4 is 5.73 Å². The summed E-state index contributed by atoms with van der Waals surface area (Å²) < 4.78 is 27.6. The standard InChI is InChI=1S/C13H13F2N3O/c1-18-7-9(6-17-18)13(16)12(19)4-8-2-10(14)5-11(15)3-8/h2-3,5-7,13H,4,16H2,1H3. The first-order valence-corrected chi connectivity index (χ1v) is 5.67. The zero-order valence-electron chi connectivity index (χ0n) is 10.3. The van der Waals surface area contributed by atoms with Gasteiger partial charge in [-0.2, -0.15) is 5.10 Å². The molecule has 1 atom stereocenters. The van der Waals surface area contributed by atoms with Crippen LogP contribution in [0.15, 0.2) is 30.6 Å². The van der Waals surface area contributed by atoms with Gasteiger partial charge in [-0.3, -0.25) is 9.48 Å². The molecule has 6 heteroatoms. The molecule has 0 bridgehead atoms. The second kappa shape index (κ2) is 5.27. The van der Waals surface area contributed by atoms with Crippen LogP contribution in [0.3, 0.4) is 0 Å². The quantitative estimate of drug-likeness (QED) is 0.911. The molecule has 0 saturated carbocycles. The molecule has 0 aliphatic carbocycles. The van der Waals surface area contributed by atoms with Crippen LogP contribution >= 0.6 is 0 Å². The number of hydrogen-bond donors (Lipinski definition) is 1. The molecule has 2 rings (SSSR count). The fourth-order valence-corrected chi connectivity index (χ4v) is 1.81. The summed E-state index contributed by atoms with van der Waals surface area (Å²) in [5.41, 5.74) is 6.62. The van der Waals surface area contributed by atoms with Gasteiger partial charge in [-0.1, -0.05) is 0 Å². The normalized spacial score (nSPS) is 12.4. The summed E-state index contributed by atoms with van der Waals surface area (Å²) in [6, 6.07) is 2.16. The van der Waals surface area contributed by atoms with Crippen LogP contribution in [0.5, 0.6) is 0 Å². The molecule has 0 fully saturated rings. The van der Waals surface area contributed by atoms with E-state index in [0.29, 0.717) is 5.56 Å². The van der Waals surface area contributed by atoms with E-state index in [9.17, 15) is 13.6 Å². The largest absolute Gasteiger partial charge is 0.318 e. The third kappa shape index (κ3) is 3.23. The van der Waals surface area contributed by atoms with E-state index in [1.54, 1.807) is 13.2 Å². The molecular formula is C13H13F2N3O. The average molecular weight is 265 g/mol. The van der Waals surface area contributed by atoms with Crippen molar-refractivity contribution in [1.82, 2.24) is 9.78 Å². The molecule has 0 spiro atoms. The van der Waals surface area contributed by atoms with E-state index in [-0.39, 0.29) is 17.8 Å². The van der Waals surface area contributed by atoms with E-state index >= 15 is 0 Å². The Morgan fingerprint density at radius 2 is 2.00 bits per heavy atom. The van der Waals surface area contributed by atoms with Crippen molar-refractivity contribution in [3.05, 3.63) is 53.4 Å². The number of aryl methyl sites for hydroxylation is 1. The molecule has 4 nitrogen and oxygen atoms in total. The molecule has 1 aromatic carbocycles. The van der Waals surface area contributed by atoms with E-state index in [1.165, 1.54) is 10.9 Å².